The second-order valence-electron chi connectivity index (χ2n) is 7.42. The lowest BCUT2D eigenvalue weighted by Gasteiger charge is -2.18. The van der Waals surface area contributed by atoms with E-state index >= 15 is 0 Å². The highest BCUT2D eigenvalue weighted by Crippen LogP contribution is 2.28. The molecule has 2 aromatic rings. The molecule has 174 valence electrons. The fraction of sp³-hybridized carbons (Fsp3) is 0.400. The molecule has 2 N–H and O–H groups in total. The predicted octanol–water partition coefficient (Wildman–Crippen LogP) is 4.39. The Balaban J connectivity index is 0.00000363. The molecule has 0 aliphatic carbocycles. The Kier molecular flexibility index (Phi) is 11.2. The van der Waals surface area contributed by atoms with Gasteiger partial charge in [0.05, 0.1) is 13.7 Å². The highest BCUT2D eigenvalue weighted by molar-refractivity contribution is 14.0. The van der Waals surface area contributed by atoms with Crippen molar-refractivity contribution < 1.29 is 9.47 Å². The van der Waals surface area contributed by atoms with Gasteiger partial charge in [-0.15, -0.1) is 24.0 Å². The van der Waals surface area contributed by atoms with Gasteiger partial charge in [0, 0.05) is 38.9 Å². The van der Waals surface area contributed by atoms with Crippen LogP contribution >= 0.6 is 24.0 Å². The minimum atomic E-state index is 0. The molecule has 1 aliphatic heterocycles. The lowest BCUT2D eigenvalue weighted by atomic mass is 10.1. The molecule has 1 heterocycles. The molecule has 0 atom stereocenters. The van der Waals surface area contributed by atoms with Crippen molar-refractivity contribution >= 4 is 35.6 Å². The van der Waals surface area contributed by atoms with E-state index in [2.05, 4.69) is 69.1 Å². The summed E-state index contributed by atoms with van der Waals surface area (Å²) in [6.07, 6.45) is 6.37. The van der Waals surface area contributed by atoms with Crippen LogP contribution in [0.4, 0.5) is 5.69 Å². The molecule has 0 saturated carbocycles. The van der Waals surface area contributed by atoms with Gasteiger partial charge < -0.3 is 25.0 Å². The van der Waals surface area contributed by atoms with Gasteiger partial charge in [-0.05, 0) is 55.2 Å². The maximum Gasteiger partial charge on any atom is 0.191 e. The van der Waals surface area contributed by atoms with Gasteiger partial charge in [0.15, 0.2) is 17.5 Å². The van der Waals surface area contributed by atoms with E-state index in [0.717, 1.165) is 56.5 Å². The Labute approximate surface area is 209 Å². The first-order valence-corrected chi connectivity index (χ1v) is 11.0. The molecular weight excluding hydrogens is 515 g/mol. The Morgan fingerprint density at radius 2 is 1.72 bits per heavy atom. The Morgan fingerprint density at radius 3 is 2.38 bits per heavy atom. The van der Waals surface area contributed by atoms with E-state index in [1.807, 2.05) is 13.0 Å². The van der Waals surface area contributed by atoms with Gasteiger partial charge in [-0.2, -0.15) is 0 Å². The lowest BCUT2D eigenvalue weighted by molar-refractivity contribution is 0.310. The van der Waals surface area contributed by atoms with Gasteiger partial charge in [-0.3, -0.25) is 4.99 Å². The van der Waals surface area contributed by atoms with E-state index < -0.39 is 0 Å². The van der Waals surface area contributed by atoms with Crippen LogP contribution < -0.4 is 25.0 Å². The number of aliphatic imine (C=N–C) groups is 1. The van der Waals surface area contributed by atoms with Gasteiger partial charge in [0.2, 0.25) is 0 Å². The zero-order valence-electron chi connectivity index (χ0n) is 19.3. The summed E-state index contributed by atoms with van der Waals surface area (Å²) in [5.74, 6) is 2.40. The molecule has 1 aliphatic rings. The topological polar surface area (TPSA) is 58.1 Å². The van der Waals surface area contributed by atoms with Crippen molar-refractivity contribution in [2.45, 2.75) is 26.3 Å². The quantitative estimate of drug-likeness (QED) is 0.151. The van der Waals surface area contributed by atoms with Crippen LogP contribution in [0.25, 0.3) is 0 Å². The van der Waals surface area contributed by atoms with Gasteiger partial charge in [0.25, 0.3) is 0 Å². The first-order chi connectivity index (χ1) is 15.2. The normalized spacial score (nSPS) is 13.0. The number of benzene rings is 2. The third kappa shape index (κ3) is 7.62. The highest BCUT2D eigenvalue weighted by atomic mass is 127. The Morgan fingerprint density at radius 1 is 1.00 bits per heavy atom. The molecule has 0 saturated heterocycles. The van der Waals surface area contributed by atoms with Crippen LogP contribution in [0, 0.1) is 0 Å². The summed E-state index contributed by atoms with van der Waals surface area (Å²) in [5, 5.41) is 6.79. The summed E-state index contributed by atoms with van der Waals surface area (Å²) in [4.78, 5) is 6.68. The van der Waals surface area contributed by atoms with Crippen LogP contribution in [0.5, 0.6) is 11.5 Å². The van der Waals surface area contributed by atoms with Gasteiger partial charge in [-0.1, -0.05) is 30.4 Å². The third-order valence-electron chi connectivity index (χ3n) is 5.27. The van der Waals surface area contributed by atoms with E-state index in [1.54, 1.807) is 14.2 Å². The zero-order chi connectivity index (χ0) is 21.9. The fourth-order valence-corrected chi connectivity index (χ4v) is 3.56. The van der Waals surface area contributed by atoms with E-state index in [1.165, 1.54) is 16.8 Å². The summed E-state index contributed by atoms with van der Waals surface area (Å²) in [6, 6.07) is 14.9. The smallest absolute Gasteiger partial charge is 0.191 e. The van der Waals surface area contributed by atoms with Crippen LogP contribution in [0.3, 0.4) is 0 Å². The van der Waals surface area contributed by atoms with E-state index in [0.29, 0.717) is 6.61 Å². The molecule has 7 heteroatoms. The first-order valence-electron chi connectivity index (χ1n) is 11.0. The minimum Gasteiger partial charge on any atom is -0.493 e. The number of nitrogens with one attached hydrogen (secondary N) is 2. The summed E-state index contributed by atoms with van der Waals surface area (Å²) in [7, 11) is 3.47. The summed E-state index contributed by atoms with van der Waals surface area (Å²) < 4.78 is 11.0. The van der Waals surface area contributed by atoms with Gasteiger partial charge in [0.1, 0.15) is 0 Å². The third-order valence-corrected chi connectivity index (χ3v) is 5.27. The number of hydrogen-bond donors (Lipinski definition) is 2. The predicted molar refractivity (Wildman–Crippen MR) is 144 cm³/mol. The number of guanidine groups is 1. The van der Waals surface area contributed by atoms with E-state index in [4.69, 9.17) is 9.47 Å². The molecule has 0 amide bonds. The van der Waals surface area contributed by atoms with E-state index in [9.17, 15) is 0 Å². The second kappa shape index (κ2) is 13.9. The monoisotopic (exact) mass is 550 g/mol. The largest absolute Gasteiger partial charge is 0.493 e. The second-order valence-corrected chi connectivity index (χ2v) is 7.42. The number of rotatable bonds is 10. The molecule has 0 fully saturated rings. The lowest BCUT2D eigenvalue weighted by Crippen LogP contribution is -2.37. The number of ether oxygens (including phenoxy) is 2. The van der Waals surface area contributed by atoms with E-state index in [-0.39, 0.29) is 24.0 Å². The molecule has 6 nitrogen and oxygen atoms in total. The van der Waals surface area contributed by atoms with Crippen LogP contribution in [0.1, 0.15) is 24.5 Å². The SMILES string of the molecule is CCOc1cc(CCCNC(=NC)NCc2ccc(N3CC=CC3)cc2)ccc1OC.I. The van der Waals surface area contributed by atoms with Gasteiger partial charge >= 0.3 is 0 Å². The van der Waals surface area contributed by atoms with Crippen molar-refractivity contribution in [1.82, 2.24) is 10.6 Å². The number of methoxy groups -OCH3 is 1. The number of aryl methyl sites for hydroxylation is 1. The molecule has 3 rings (SSSR count). The van der Waals surface area contributed by atoms with Crippen molar-refractivity contribution in [1.29, 1.82) is 0 Å². The number of nitrogens with zero attached hydrogens (tertiary/aromatic N) is 2. The number of anilines is 1. The number of hydrogen-bond acceptors (Lipinski definition) is 4. The van der Waals surface area contributed by atoms with Crippen molar-refractivity contribution in [2.75, 3.05) is 45.3 Å². The van der Waals surface area contributed by atoms with Crippen LogP contribution in [-0.4, -0.2) is 46.4 Å². The zero-order valence-corrected chi connectivity index (χ0v) is 21.6. The Hall–Kier alpha value is -2.42. The molecule has 0 radical (unpaired) electrons. The number of halogens is 1. The minimum absolute atomic E-state index is 0. The molecule has 2 aromatic carbocycles. The summed E-state index contributed by atoms with van der Waals surface area (Å²) in [6.45, 7) is 6.19. The molecular formula is C25H35IN4O2. The van der Waals surface area contributed by atoms with Crippen molar-refractivity contribution in [3.63, 3.8) is 0 Å². The van der Waals surface area contributed by atoms with Gasteiger partial charge in [-0.25, -0.2) is 0 Å². The molecule has 0 bridgehead atoms. The maximum absolute atomic E-state index is 5.67. The molecule has 0 aromatic heterocycles. The first kappa shape index (κ1) is 25.8. The highest BCUT2D eigenvalue weighted by Gasteiger charge is 2.08. The molecule has 0 spiro atoms. The standard InChI is InChI=1S/C25H34N4O2.HI/c1-4-31-24-18-20(11-14-23(24)30-3)8-7-15-27-25(26-2)28-19-21-9-12-22(13-10-21)29-16-5-6-17-29;/h5-6,9-14,18H,4,7-8,15-17,19H2,1-3H3,(H2,26,27,28);1H. The summed E-state index contributed by atoms with van der Waals surface area (Å²) >= 11 is 0. The average molecular weight is 550 g/mol. The van der Waals surface area contributed by atoms with Crippen LogP contribution in [0.2, 0.25) is 0 Å². The van der Waals surface area contributed by atoms with Crippen LogP contribution in [-0.2, 0) is 13.0 Å². The molecule has 32 heavy (non-hydrogen) atoms. The maximum atomic E-state index is 5.67. The molecule has 0 unspecified atom stereocenters. The van der Waals surface area contributed by atoms with Crippen molar-refractivity contribution in [3.05, 3.63) is 65.7 Å². The average Bonchev–Trinajstić information content (AvgIpc) is 3.34. The van der Waals surface area contributed by atoms with Crippen LogP contribution in [0.15, 0.2) is 59.6 Å². The van der Waals surface area contributed by atoms with Crippen molar-refractivity contribution in [3.8, 4) is 11.5 Å². The fourth-order valence-electron chi connectivity index (χ4n) is 3.56. The summed E-state index contributed by atoms with van der Waals surface area (Å²) in [5.41, 5.74) is 3.74. The Bertz CT molecular complexity index is 876. The van der Waals surface area contributed by atoms with Crippen molar-refractivity contribution in [2.24, 2.45) is 4.99 Å².